The number of benzene rings is 2. The van der Waals surface area contributed by atoms with Crippen LogP contribution in [0.2, 0.25) is 0 Å². The highest BCUT2D eigenvalue weighted by molar-refractivity contribution is 5.92. The van der Waals surface area contributed by atoms with E-state index in [9.17, 15) is 18.4 Å². The predicted octanol–water partition coefficient (Wildman–Crippen LogP) is 3.65. The number of nitrogens with zero attached hydrogens (tertiary/aromatic N) is 3. The molecule has 1 atom stereocenters. The van der Waals surface area contributed by atoms with E-state index in [-0.39, 0.29) is 17.2 Å². The highest BCUT2D eigenvalue weighted by Gasteiger charge is 2.24. The minimum atomic E-state index is -0.605. The molecule has 0 fully saturated rings. The molecule has 1 unspecified atom stereocenters. The van der Waals surface area contributed by atoms with Gasteiger partial charge >= 0.3 is 0 Å². The van der Waals surface area contributed by atoms with Gasteiger partial charge in [0.1, 0.15) is 17.3 Å². The van der Waals surface area contributed by atoms with Gasteiger partial charge in [-0.05, 0) is 43.7 Å². The van der Waals surface area contributed by atoms with Crippen LogP contribution in [0, 0.1) is 18.6 Å². The fourth-order valence-corrected chi connectivity index (χ4v) is 2.87. The Morgan fingerprint density at radius 3 is 2.39 bits per heavy atom. The van der Waals surface area contributed by atoms with Crippen LogP contribution < -0.4 is 5.43 Å². The van der Waals surface area contributed by atoms with Gasteiger partial charge in [-0.2, -0.15) is 5.10 Å². The average Bonchev–Trinajstić information content (AvgIpc) is 2.68. The topological polar surface area (TPSA) is 55.2 Å². The van der Waals surface area contributed by atoms with Crippen molar-refractivity contribution in [1.29, 1.82) is 0 Å². The van der Waals surface area contributed by atoms with Gasteiger partial charge in [-0.25, -0.2) is 13.5 Å². The number of rotatable bonds is 4. The van der Waals surface area contributed by atoms with Crippen molar-refractivity contribution in [2.24, 2.45) is 0 Å². The lowest BCUT2D eigenvalue weighted by atomic mass is 10.1. The maximum absolute atomic E-state index is 14.2. The van der Waals surface area contributed by atoms with Crippen LogP contribution in [0.5, 0.6) is 0 Å². The Bertz CT molecular complexity index is 1080. The first-order chi connectivity index (χ1) is 13.3. The highest BCUT2D eigenvalue weighted by atomic mass is 19.1. The van der Waals surface area contributed by atoms with Gasteiger partial charge in [-0.3, -0.25) is 9.59 Å². The Balaban J connectivity index is 1.99. The van der Waals surface area contributed by atoms with Crippen molar-refractivity contribution < 1.29 is 13.6 Å². The van der Waals surface area contributed by atoms with Gasteiger partial charge in [0.25, 0.3) is 5.91 Å². The van der Waals surface area contributed by atoms with Crippen molar-refractivity contribution in [3.05, 3.63) is 93.4 Å². The number of para-hydroxylation sites is 1. The number of halogens is 2. The third-order valence-corrected chi connectivity index (χ3v) is 4.64. The summed E-state index contributed by atoms with van der Waals surface area (Å²) in [5.74, 6) is -1.50. The molecule has 0 spiro atoms. The van der Waals surface area contributed by atoms with Crippen LogP contribution in [0.3, 0.4) is 0 Å². The predicted molar refractivity (Wildman–Crippen MR) is 101 cm³/mol. The fourth-order valence-electron chi connectivity index (χ4n) is 2.87. The van der Waals surface area contributed by atoms with Crippen molar-refractivity contribution in [2.75, 3.05) is 7.05 Å². The van der Waals surface area contributed by atoms with E-state index >= 15 is 0 Å². The SMILES string of the molecule is Cc1cc(=O)c(C(=O)N(C)C(C)c2ccc(F)cc2)nn1-c1ccccc1F. The normalized spacial score (nSPS) is 11.9. The standard InChI is InChI=1S/C21H19F2N3O2/c1-13-12-19(27)20(24-26(13)18-7-5-4-6-17(18)23)21(28)25(3)14(2)15-8-10-16(22)11-9-15/h4-12,14H,1-3H3. The van der Waals surface area contributed by atoms with E-state index in [0.29, 0.717) is 11.3 Å². The first kappa shape index (κ1) is 19.4. The lowest BCUT2D eigenvalue weighted by molar-refractivity contribution is 0.0733. The van der Waals surface area contributed by atoms with Crippen LogP contribution in [-0.4, -0.2) is 27.6 Å². The number of hydrogen-bond donors (Lipinski definition) is 0. The van der Waals surface area contributed by atoms with Crippen molar-refractivity contribution in [3.63, 3.8) is 0 Å². The Morgan fingerprint density at radius 2 is 1.75 bits per heavy atom. The maximum Gasteiger partial charge on any atom is 0.278 e. The summed E-state index contributed by atoms with van der Waals surface area (Å²) in [4.78, 5) is 26.6. The molecule has 0 aliphatic rings. The second-order valence-corrected chi connectivity index (χ2v) is 6.51. The van der Waals surface area contributed by atoms with E-state index in [1.807, 2.05) is 0 Å². The lowest BCUT2D eigenvalue weighted by Crippen LogP contribution is -2.35. The Labute approximate surface area is 160 Å². The van der Waals surface area contributed by atoms with Crippen LogP contribution in [0.25, 0.3) is 5.69 Å². The number of carbonyl (C=O) groups excluding carboxylic acids is 1. The summed E-state index contributed by atoms with van der Waals surface area (Å²) in [7, 11) is 1.53. The van der Waals surface area contributed by atoms with Crippen molar-refractivity contribution in [1.82, 2.24) is 14.7 Å². The zero-order valence-electron chi connectivity index (χ0n) is 15.7. The third kappa shape index (κ3) is 3.69. The monoisotopic (exact) mass is 383 g/mol. The third-order valence-electron chi connectivity index (χ3n) is 4.64. The minimum absolute atomic E-state index is 0.142. The van der Waals surface area contributed by atoms with Gasteiger partial charge in [0, 0.05) is 18.8 Å². The lowest BCUT2D eigenvalue weighted by Gasteiger charge is -2.25. The number of aromatic nitrogens is 2. The molecule has 144 valence electrons. The molecule has 0 N–H and O–H groups in total. The molecule has 0 bridgehead atoms. The molecule has 3 aromatic rings. The van der Waals surface area contributed by atoms with Crippen LogP contribution in [0.1, 0.15) is 34.7 Å². The first-order valence-corrected chi connectivity index (χ1v) is 8.68. The van der Waals surface area contributed by atoms with E-state index in [2.05, 4.69) is 5.10 Å². The van der Waals surface area contributed by atoms with Crippen LogP contribution in [-0.2, 0) is 0 Å². The van der Waals surface area contributed by atoms with Crippen LogP contribution in [0.15, 0.2) is 59.4 Å². The Hall–Kier alpha value is -3.35. The summed E-state index contributed by atoms with van der Waals surface area (Å²) in [5, 5.41) is 4.13. The molecule has 0 saturated heterocycles. The summed E-state index contributed by atoms with van der Waals surface area (Å²) >= 11 is 0. The molecule has 1 heterocycles. The van der Waals surface area contributed by atoms with Crippen LogP contribution in [0.4, 0.5) is 8.78 Å². The van der Waals surface area contributed by atoms with E-state index in [1.54, 1.807) is 38.1 Å². The van der Waals surface area contributed by atoms with Crippen molar-refractivity contribution >= 4 is 5.91 Å². The molecular formula is C21H19F2N3O2. The molecule has 1 aromatic heterocycles. The zero-order chi connectivity index (χ0) is 20.4. The van der Waals surface area contributed by atoms with Gasteiger partial charge in [-0.1, -0.05) is 24.3 Å². The number of hydrogen-bond acceptors (Lipinski definition) is 3. The zero-order valence-corrected chi connectivity index (χ0v) is 15.7. The molecule has 1 amide bonds. The van der Waals surface area contributed by atoms with E-state index in [0.717, 1.165) is 0 Å². The number of carbonyl (C=O) groups is 1. The van der Waals surface area contributed by atoms with Crippen LogP contribution >= 0.6 is 0 Å². The van der Waals surface area contributed by atoms with E-state index in [1.165, 1.54) is 47.0 Å². The summed E-state index contributed by atoms with van der Waals surface area (Å²) in [5.41, 5.74) is 0.390. The highest BCUT2D eigenvalue weighted by Crippen LogP contribution is 2.20. The quantitative estimate of drug-likeness (QED) is 0.691. The molecule has 7 heteroatoms. The molecule has 0 saturated carbocycles. The maximum atomic E-state index is 14.2. The summed E-state index contributed by atoms with van der Waals surface area (Å²) < 4.78 is 28.5. The van der Waals surface area contributed by atoms with Gasteiger partial charge in [-0.15, -0.1) is 0 Å². The summed E-state index contributed by atoms with van der Waals surface area (Å²) in [6.07, 6.45) is 0. The number of amides is 1. The Kier molecular flexibility index (Phi) is 5.35. The van der Waals surface area contributed by atoms with E-state index in [4.69, 9.17) is 0 Å². The van der Waals surface area contributed by atoms with E-state index < -0.39 is 23.2 Å². The molecule has 2 aromatic carbocycles. The second-order valence-electron chi connectivity index (χ2n) is 6.51. The second kappa shape index (κ2) is 7.72. The van der Waals surface area contributed by atoms with Crippen molar-refractivity contribution in [2.45, 2.75) is 19.9 Å². The van der Waals surface area contributed by atoms with Gasteiger partial charge < -0.3 is 4.90 Å². The van der Waals surface area contributed by atoms with Gasteiger partial charge in [0.05, 0.1) is 6.04 Å². The first-order valence-electron chi connectivity index (χ1n) is 8.68. The van der Waals surface area contributed by atoms with Crippen molar-refractivity contribution in [3.8, 4) is 5.69 Å². The summed E-state index contributed by atoms with van der Waals surface area (Å²) in [6.45, 7) is 3.37. The summed E-state index contributed by atoms with van der Waals surface area (Å²) in [6, 6.07) is 12.6. The number of aryl methyl sites for hydroxylation is 1. The van der Waals surface area contributed by atoms with Gasteiger partial charge in [0.15, 0.2) is 5.69 Å². The molecule has 28 heavy (non-hydrogen) atoms. The molecule has 0 radical (unpaired) electrons. The minimum Gasteiger partial charge on any atom is -0.333 e. The largest absolute Gasteiger partial charge is 0.333 e. The smallest absolute Gasteiger partial charge is 0.278 e. The molecule has 0 aliphatic heterocycles. The molecule has 3 rings (SSSR count). The fraction of sp³-hybridized carbons (Fsp3) is 0.190. The van der Waals surface area contributed by atoms with Gasteiger partial charge in [0.2, 0.25) is 5.43 Å². The molecule has 0 aliphatic carbocycles. The average molecular weight is 383 g/mol. The molecular weight excluding hydrogens is 364 g/mol. The molecule has 5 nitrogen and oxygen atoms in total. The Morgan fingerprint density at radius 1 is 1.11 bits per heavy atom.